The molecular weight excluding hydrogens is 362 g/mol. The molecule has 0 saturated carbocycles. The van der Waals surface area contributed by atoms with Gasteiger partial charge in [-0.3, -0.25) is 9.69 Å². The second-order valence-corrected chi connectivity index (χ2v) is 8.56. The molecule has 0 aliphatic carbocycles. The van der Waals surface area contributed by atoms with Gasteiger partial charge in [0, 0.05) is 19.6 Å². The van der Waals surface area contributed by atoms with Crippen LogP contribution in [0.1, 0.15) is 13.3 Å². The van der Waals surface area contributed by atoms with E-state index in [4.69, 9.17) is 9.47 Å². The molecule has 0 aromatic heterocycles. The first kappa shape index (κ1) is 17.1. The van der Waals surface area contributed by atoms with E-state index in [-0.39, 0.29) is 43.7 Å². The lowest BCUT2D eigenvalue weighted by Gasteiger charge is -2.43. The van der Waals surface area contributed by atoms with Crippen molar-refractivity contribution in [2.24, 2.45) is 0 Å². The van der Waals surface area contributed by atoms with Gasteiger partial charge in [0.15, 0.2) is 6.61 Å². The predicted molar refractivity (Wildman–Crippen MR) is 90.4 cm³/mol. The summed E-state index contributed by atoms with van der Waals surface area (Å²) in [6, 6.07) is 4.41. The Balaban J connectivity index is 1.64. The normalized spacial score (nSPS) is 25.8. The number of nitrogens with zero attached hydrogens (tertiary/aromatic N) is 2. The summed E-state index contributed by atoms with van der Waals surface area (Å²) in [5, 5.41) is 2.62. The fraction of sp³-hybridized carbons (Fsp3) is 0.500. The summed E-state index contributed by atoms with van der Waals surface area (Å²) in [7, 11) is -3.78. The van der Waals surface area contributed by atoms with Gasteiger partial charge < -0.3 is 14.8 Å². The fourth-order valence-corrected chi connectivity index (χ4v) is 5.14. The first-order chi connectivity index (χ1) is 12.4. The number of anilines is 1. The Morgan fingerprint density at radius 1 is 1.23 bits per heavy atom. The minimum absolute atomic E-state index is 0.0759. The molecule has 0 radical (unpaired) electrons. The van der Waals surface area contributed by atoms with Crippen molar-refractivity contribution in [1.29, 1.82) is 0 Å². The molecule has 1 aromatic rings. The largest absolute Gasteiger partial charge is 0.482 e. The van der Waals surface area contributed by atoms with Crippen LogP contribution in [0.3, 0.4) is 0 Å². The minimum Gasteiger partial charge on any atom is -0.482 e. The van der Waals surface area contributed by atoms with Crippen LogP contribution in [-0.4, -0.2) is 68.0 Å². The lowest BCUT2D eigenvalue weighted by molar-refractivity contribution is -0.118. The van der Waals surface area contributed by atoms with Gasteiger partial charge in [0.2, 0.25) is 10.0 Å². The van der Waals surface area contributed by atoms with E-state index in [1.165, 1.54) is 22.5 Å². The standard InChI is InChI=1S/C16H19N3O6S/c1-2-16-9-18(5-6-19(16)15(21)25-10-16)26(22,23)11-3-4-13-12(7-11)17-14(20)8-24-13/h3-4,7H,2,5-6,8-10H2,1H3,(H,17,20). The average Bonchev–Trinajstić information content (AvgIpc) is 2.98. The molecule has 1 N–H and O–H groups in total. The lowest BCUT2D eigenvalue weighted by Crippen LogP contribution is -2.62. The van der Waals surface area contributed by atoms with E-state index in [1.807, 2.05) is 6.92 Å². The van der Waals surface area contributed by atoms with Crippen LogP contribution in [0.25, 0.3) is 0 Å². The first-order valence-electron chi connectivity index (χ1n) is 8.37. The third-order valence-electron chi connectivity index (χ3n) is 5.18. The van der Waals surface area contributed by atoms with Crippen LogP contribution >= 0.6 is 0 Å². The SMILES string of the molecule is CCC12COC(=O)N1CCN(S(=O)(=O)c1ccc3c(c1)NC(=O)CO3)C2. The number of amides is 2. The van der Waals surface area contributed by atoms with Gasteiger partial charge in [-0.15, -0.1) is 0 Å². The highest BCUT2D eigenvalue weighted by Gasteiger charge is 2.51. The van der Waals surface area contributed by atoms with Gasteiger partial charge in [0.05, 0.1) is 16.1 Å². The number of benzene rings is 1. The molecule has 26 heavy (non-hydrogen) atoms. The lowest BCUT2D eigenvalue weighted by atomic mass is 9.94. The zero-order valence-corrected chi connectivity index (χ0v) is 15.0. The summed E-state index contributed by atoms with van der Waals surface area (Å²) < 4.78 is 38.0. The van der Waals surface area contributed by atoms with Gasteiger partial charge in [-0.25, -0.2) is 13.2 Å². The number of cyclic esters (lactones) is 1. The van der Waals surface area contributed by atoms with Crippen molar-refractivity contribution in [2.75, 3.05) is 38.2 Å². The van der Waals surface area contributed by atoms with Crippen LogP contribution in [0, 0.1) is 0 Å². The van der Waals surface area contributed by atoms with Gasteiger partial charge in [-0.1, -0.05) is 6.92 Å². The topological polar surface area (TPSA) is 105 Å². The first-order valence-corrected chi connectivity index (χ1v) is 9.81. The van der Waals surface area contributed by atoms with Crippen molar-refractivity contribution in [2.45, 2.75) is 23.8 Å². The Bertz CT molecular complexity index is 886. The van der Waals surface area contributed by atoms with Crippen LogP contribution in [0.15, 0.2) is 23.1 Å². The molecular formula is C16H19N3O6S. The number of piperazine rings is 1. The molecule has 1 atom stereocenters. The van der Waals surface area contributed by atoms with Crippen molar-refractivity contribution in [3.63, 3.8) is 0 Å². The van der Waals surface area contributed by atoms with Gasteiger partial charge in [-0.2, -0.15) is 4.31 Å². The van der Waals surface area contributed by atoms with Crippen LogP contribution in [0.4, 0.5) is 10.5 Å². The van der Waals surface area contributed by atoms with Gasteiger partial charge >= 0.3 is 6.09 Å². The van der Waals surface area contributed by atoms with E-state index in [2.05, 4.69) is 5.32 Å². The summed E-state index contributed by atoms with van der Waals surface area (Å²) in [6.45, 7) is 2.67. The summed E-state index contributed by atoms with van der Waals surface area (Å²) >= 11 is 0. The summed E-state index contributed by atoms with van der Waals surface area (Å²) in [5.41, 5.74) is -0.293. The average molecular weight is 381 g/mol. The molecule has 4 rings (SSSR count). The van der Waals surface area contributed by atoms with Gasteiger partial charge in [0.1, 0.15) is 12.4 Å². The molecule has 2 amide bonds. The Kier molecular flexibility index (Phi) is 3.85. The number of sulfonamides is 1. The van der Waals surface area contributed by atoms with Crippen molar-refractivity contribution >= 4 is 27.7 Å². The maximum atomic E-state index is 13.1. The number of carbonyl (C=O) groups excluding carboxylic acids is 2. The predicted octanol–water partition coefficient (Wildman–Crippen LogP) is 0.623. The van der Waals surface area contributed by atoms with E-state index < -0.39 is 21.7 Å². The smallest absolute Gasteiger partial charge is 0.410 e. The molecule has 1 aromatic carbocycles. The molecule has 0 bridgehead atoms. The highest BCUT2D eigenvalue weighted by atomic mass is 32.2. The Labute approximate surface area is 150 Å². The molecule has 0 spiro atoms. The maximum absolute atomic E-state index is 13.1. The molecule has 1 unspecified atom stereocenters. The molecule has 2 saturated heterocycles. The molecule has 2 fully saturated rings. The highest BCUT2D eigenvalue weighted by molar-refractivity contribution is 7.89. The van der Waals surface area contributed by atoms with E-state index in [0.29, 0.717) is 17.9 Å². The quantitative estimate of drug-likeness (QED) is 0.823. The van der Waals surface area contributed by atoms with Crippen molar-refractivity contribution in [3.8, 4) is 5.75 Å². The molecule has 9 nitrogen and oxygen atoms in total. The summed E-state index contributed by atoms with van der Waals surface area (Å²) in [6.07, 6.45) is 0.205. The number of nitrogens with one attached hydrogen (secondary N) is 1. The Morgan fingerprint density at radius 2 is 2.04 bits per heavy atom. The monoisotopic (exact) mass is 381 g/mol. The Morgan fingerprint density at radius 3 is 2.81 bits per heavy atom. The van der Waals surface area contributed by atoms with E-state index >= 15 is 0 Å². The van der Waals surface area contributed by atoms with Gasteiger partial charge in [0.25, 0.3) is 5.91 Å². The molecule has 3 aliphatic heterocycles. The molecule has 3 aliphatic rings. The van der Waals surface area contributed by atoms with Crippen molar-refractivity contribution < 1.29 is 27.5 Å². The van der Waals surface area contributed by atoms with E-state index in [0.717, 1.165) is 0 Å². The van der Waals surface area contributed by atoms with E-state index in [1.54, 1.807) is 4.90 Å². The molecule has 10 heteroatoms. The second kappa shape index (κ2) is 5.85. The highest BCUT2D eigenvalue weighted by Crippen LogP contribution is 2.36. The zero-order chi connectivity index (χ0) is 18.5. The molecule has 3 heterocycles. The van der Waals surface area contributed by atoms with Crippen molar-refractivity contribution in [1.82, 2.24) is 9.21 Å². The number of carbonyl (C=O) groups is 2. The number of rotatable bonds is 3. The maximum Gasteiger partial charge on any atom is 0.410 e. The summed E-state index contributed by atoms with van der Waals surface area (Å²) in [5.74, 6) is 0.111. The third-order valence-corrected chi connectivity index (χ3v) is 7.02. The van der Waals surface area contributed by atoms with Gasteiger partial charge in [-0.05, 0) is 24.6 Å². The fourth-order valence-electron chi connectivity index (χ4n) is 3.61. The van der Waals surface area contributed by atoms with Crippen molar-refractivity contribution in [3.05, 3.63) is 18.2 Å². The van der Waals surface area contributed by atoms with Crippen LogP contribution < -0.4 is 10.1 Å². The zero-order valence-electron chi connectivity index (χ0n) is 14.2. The Hall–Kier alpha value is -2.33. The van der Waals surface area contributed by atoms with Crippen LogP contribution in [0.2, 0.25) is 0 Å². The summed E-state index contributed by atoms with van der Waals surface area (Å²) in [4.78, 5) is 25.1. The molecule has 140 valence electrons. The number of fused-ring (bicyclic) bond motifs is 2. The minimum atomic E-state index is -3.78. The van der Waals surface area contributed by atoms with E-state index in [9.17, 15) is 18.0 Å². The van der Waals surface area contributed by atoms with Crippen LogP contribution in [0.5, 0.6) is 5.75 Å². The number of ether oxygens (including phenoxy) is 2. The number of hydrogen-bond acceptors (Lipinski definition) is 6. The van der Waals surface area contributed by atoms with Crippen LogP contribution in [-0.2, 0) is 19.6 Å². The second-order valence-electron chi connectivity index (χ2n) is 6.62. The number of hydrogen-bond donors (Lipinski definition) is 1. The third kappa shape index (κ3) is 2.52.